The first kappa shape index (κ1) is 22.3. The number of carbonyl (C=O) groups is 2. The van der Waals surface area contributed by atoms with Crippen molar-refractivity contribution in [2.75, 3.05) is 26.2 Å². The van der Waals surface area contributed by atoms with E-state index in [-0.39, 0.29) is 12.5 Å². The maximum atomic E-state index is 12.7. The number of alkyl halides is 3. The molecular formula is C23H30F3N3O2. The number of piperidine rings is 1. The number of nitrogens with zero attached hydrogens (tertiary/aromatic N) is 1. The van der Waals surface area contributed by atoms with Crippen LogP contribution in [0.25, 0.3) is 0 Å². The highest BCUT2D eigenvalue weighted by atomic mass is 19.4. The van der Waals surface area contributed by atoms with Crippen LogP contribution >= 0.6 is 0 Å². The maximum absolute atomic E-state index is 12.7. The van der Waals surface area contributed by atoms with Crippen LogP contribution in [0.1, 0.15) is 25.7 Å². The van der Waals surface area contributed by atoms with E-state index < -0.39 is 11.7 Å². The zero-order valence-electron chi connectivity index (χ0n) is 17.5. The predicted octanol–water partition coefficient (Wildman–Crippen LogP) is 2.82. The quantitative estimate of drug-likeness (QED) is 0.574. The number of Topliss-reactive ketones (excluding diaryl/α,β-unsaturated/α-hetero) is 1. The highest BCUT2D eigenvalue weighted by Crippen LogP contribution is 2.54. The molecule has 31 heavy (non-hydrogen) atoms. The van der Waals surface area contributed by atoms with E-state index in [0.29, 0.717) is 41.4 Å². The Morgan fingerprint density at radius 1 is 1.16 bits per heavy atom. The largest absolute Gasteiger partial charge is 0.416 e. The van der Waals surface area contributed by atoms with Crippen LogP contribution in [0, 0.1) is 29.6 Å². The lowest BCUT2D eigenvalue weighted by molar-refractivity contribution is -0.119. The number of likely N-dealkylation sites (tertiary alicyclic amines) is 1. The van der Waals surface area contributed by atoms with Gasteiger partial charge in [0.2, 0.25) is 5.91 Å². The lowest BCUT2D eigenvalue weighted by Gasteiger charge is -2.27. The molecule has 1 aliphatic heterocycles. The van der Waals surface area contributed by atoms with Crippen LogP contribution in [0.2, 0.25) is 0 Å². The minimum atomic E-state index is -4.49. The highest BCUT2D eigenvalue weighted by Gasteiger charge is 2.57. The van der Waals surface area contributed by atoms with Crippen LogP contribution in [0.15, 0.2) is 36.6 Å². The number of fused-ring (bicyclic) bond motifs is 2. The second kappa shape index (κ2) is 8.90. The third kappa shape index (κ3) is 5.12. The lowest BCUT2D eigenvalue weighted by Crippen LogP contribution is -2.37. The number of allylic oxidation sites excluding steroid dienone is 4. The topological polar surface area (TPSA) is 61.4 Å². The van der Waals surface area contributed by atoms with Crippen molar-refractivity contribution in [3.8, 4) is 0 Å². The van der Waals surface area contributed by atoms with Crippen LogP contribution in [-0.2, 0) is 9.59 Å². The number of ketones is 1. The van der Waals surface area contributed by atoms with Gasteiger partial charge in [-0.05, 0) is 55.1 Å². The molecule has 4 rings (SSSR count). The minimum Gasteiger partial charge on any atom is -0.332 e. The summed E-state index contributed by atoms with van der Waals surface area (Å²) in [5.74, 6) is 3.23. The van der Waals surface area contributed by atoms with E-state index in [9.17, 15) is 22.8 Å². The first-order valence-electron chi connectivity index (χ1n) is 11.1. The molecule has 5 nitrogen and oxygen atoms in total. The van der Waals surface area contributed by atoms with E-state index in [1.807, 2.05) is 0 Å². The number of carbonyl (C=O) groups excluding carboxylic acids is 2. The fourth-order valence-corrected chi connectivity index (χ4v) is 5.93. The molecule has 170 valence electrons. The zero-order valence-corrected chi connectivity index (χ0v) is 17.5. The minimum absolute atomic E-state index is 0.0799. The molecule has 4 atom stereocenters. The standard InChI is InChI=1S/C23H30F3N3O2/c1-2-3-16(23(24,25)26)4-5-28-22(31)11-27-10-19-20-12-29(13-21(19)20)17-6-14-8-18(30)9-15(14)7-17/h2-5,14-15,17,19-21,27H,1,6-13H2,(H,28,31)/b5-4+,16-3+. The molecule has 0 radical (unpaired) electrons. The molecule has 2 N–H and O–H groups in total. The van der Waals surface area contributed by atoms with Crippen LogP contribution < -0.4 is 10.6 Å². The fourth-order valence-electron chi connectivity index (χ4n) is 5.93. The maximum Gasteiger partial charge on any atom is 0.416 e. The Morgan fingerprint density at radius 2 is 1.81 bits per heavy atom. The summed E-state index contributed by atoms with van der Waals surface area (Å²) >= 11 is 0. The van der Waals surface area contributed by atoms with Gasteiger partial charge in [-0.15, -0.1) is 0 Å². The molecule has 0 aromatic carbocycles. The molecule has 4 fully saturated rings. The summed E-state index contributed by atoms with van der Waals surface area (Å²) in [5.41, 5.74) is -0.872. The second-order valence-corrected chi connectivity index (χ2v) is 9.42. The molecule has 0 spiro atoms. The van der Waals surface area contributed by atoms with Crippen molar-refractivity contribution in [3.05, 3.63) is 36.6 Å². The third-order valence-corrected chi connectivity index (χ3v) is 7.51. The average Bonchev–Trinajstić information content (AvgIpc) is 3.06. The average molecular weight is 438 g/mol. The Balaban J connectivity index is 1.11. The van der Waals surface area contributed by atoms with E-state index >= 15 is 0 Å². The Labute approximate surface area is 180 Å². The van der Waals surface area contributed by atoms with E-state index in [2.05, 4.69) is 22.1 Å². The summed E-state index contributed by atoms with van der Waals surface area (Å²) in [6.07, 6.45) is 3.18. The van der Waals surface area contributed by atoms with Crippen molar-refractivity contribution in [1.82, 2.24) is 15.5 Å². The molecule has 4 unspecified atom stereocenters. The molecular weight excluding hydrogens is 407 g/mol. The highest BCUT2D eigenvalue weighted by molar-refractivity contribution is 5.81. The van der Waals surface area contributed by atoms with Crippen LogP contribution in [0.5, 0.6) is 0 Å². The van der Waals surface area contributed by atoms with Gasteiger partial charge in [-0.25, -0.2) is 0 Å². The number of rotatable bonds is 8. The van der Waals surface area contributed by atoms with Crippen molar-refractivity contribution in [2.24, 2.45) is 29.6 Å². The fraction of sp³-hybridized carbons (Fsp3) is 0.652. The van der Waals surface area contributed by atoms with Gasteiger partial charge in [-0.3, -0.25) is 14.5 Å². The van der Waals surface area contributed by atoms with E-state index in [0.717, 1.165) is 56.9 Å². The number of hydrogen-bond acceptors (Lipinski definition) is 4. The summed E-state index contributed by atoms with van der Waals surface area (Å²) < 4.78 is 38.2. The Hall–Kier alpha value is -1.93. The normalized spacial score (nSPS) is 35.5. The summed E-state index contributed by atoms with van der Waals surface area (Å²) in [4.78, 5) is 26.0. The van der Waals surface area contributed by atoms with Gasteiger partial charge >= 0.3 is 6.18 Å². The summed E-state index contributed by atoms with van der Waals surface area (Å²) in [5, 5.41) is 5.50. The Kier molecular flexibility index (Phi) is 6.40. The molecule has 8 heteroatoms. The molecule has 3 aliphatic carbocycles. The van der Waals surface area contributed by atoms with Crippen molar-refractivity contribution < 1.29 is 22.8 Å². The van der Waals surface area contributed by atoms with Gasteiger partial charge in [0.1, 0.15) is 5.78 Å². The monoisotopic (exact) mass is 437 g/mol. The molecule has 0 bridgehead atoms. The first-order valence-corrected chi connectivity index (χ1v) is 11.1. The number of nitrogens with one attached hydrogen (secondary N) is 2. The summed E-state index contributed by atoms with van der Waals surface area (Å²) in [6.45, 7) is 6.32. The molecule has 4 aliphatic rings. The van der Waals surface area contributed by atoms with Crippen LogP contribution in [0.3, 0.4) is 0 Å². The number of amides is 1. The first-order chi connectivity index (χ1) is 14.8. The third-order valence-electron chi connectivity index (χ3n) is 7.51. The number of halogens is 3. The second-order valence-electron chi connectivity index (χ2n) is 9.42. The van der Waals surface area contributed by atoms with Crippen LogP contribution in [0.4, 0.5) is 13.2 Å². The van der Waals surface area contributed by atoms with Crippen LogP contribution in [-0.4, -0.2) is 55.0 Å². The SMILES string of the molecule is C=C/C=C(\C=C\NC(=O)CNCC1C2CN(C3CC4CC(=O)CC4C3)CC12)C(F)(F)F. The van der Waals surface area contributed by atoms with Gasteiger partial charge in [0.15, 0.2) is 0 Å². The van der Waals surface area contributed by atoms with Crippen molar-refractivity contribution >= 4 is 11.7 Å². The zero-order chi connectivity index (χ0) is 22.2. The molecule has 0 aromatic heterocycles. The van der Waals surface area contributed by atoms with E-state index in [1.165, 1.54) is 12.8 Å². The molecule has 0 aromatic rings. The van der Waals surface area contributed by atoms with Crippen molar-refractivity contribution in [2.45, 2.75) is 37.9 Å². The summed E-state index contributed by atoms with van der Waals surface area (Å²) in [7, 11) is 0. The van der Waals surface area contributed by atoms with Gasteiger partial charge < -0.3 is 10.6 Å². The smallest absolute Gasteiger partial charge is 0.332 e. The van der Waals surface area contributed by atoms with Gasteiger partial charge in [-0.1, -0.05) is 18.7 Å². The van der Waals surface area contributed by atoms with Gasteiger partial charge in [-0.2, -0.15) is 13.2 Å². The van der Waals surface area contributed by atoms with Gasteiger partial charge in [0.05, 0.1) is 12.1 Å². The Morgan fingerprint density at radius 3 is 2.39 bits per heavy atom. The lowest BCUT2D eigenvalue weighted by atomic mass is 10.0. The molecule has 1 saturated heterocycles. The predicted molar refractivity (Wildman–Crippen MR) is 111 cm³/mol. The van der Waals surface area contributed by atoms with Gasteiger partial charge in [0.25, 0.3) is 0 Å². The molecule has 3 saturated carbocycles. The van der Waals surface area contributed by atoms with Gasteiger partial charge in [0, 0.05) is 38.2 Å². The summed E-state index contributed by atoms with van der Waals surface area (Å²) in [6, 6.07) is 0.638. The Bertz CT molecular complexity index is 763. The van der Waals surface area contributed by atoms with E-state index in [1.54, 1.807) is 0 Å². The van der Waals surface area contributed by atoms with Crippen molar-refractivity contribution in [3.63, 3.8) is 0 Å². The molecule has 1 amide bonds. The van der Waals surface area contributed by atoms with E-state index in [4.69, 9.17) is 0 Å². The number of hydrogen-bond donors (Lipinski definition) is 2. The molecule has 1 heterocycles. The van der Waals surface area contributed by atoms with Crippen molar-refractivity contribution in [1.29, 1.82) is 0 Å².